The predicted octanol–water partition coefficient (Wildman–Crippen LogP) is 4.51. The highest BCUT2D eigenvalue weighted by atomic mass is 32.1. The van der Waals surface area contributed by atoms with Crippen molar-refractivity contribution < 1.29 is 5.11 Å². The van der Waals surface area contributed by atoms with Crippen LogP contribution < -0.4 is 0 Å². The van der Waals surface area contributed by atoms with E-state index >= 15 is 0 Å². The van der Waals surface area contributed by atoms with Gasteiger partial charge < -0.3 is 5.11 Å². The van der Waals surface area contributed by atoms with Crippen molar-refractivity contribution in [3.8, 4) is 11.3 Å². The zero-order valence-corrected chi connectivity index (χ0v) is 12.9. The summed E-state index contributed by atoms with van der Waals surface area (Å²) in [5.41, 5.74) is 5.39. The van der Waals surface area contributed by atoms with Crippen LogP contribution in [0.25, 0.3) is 11.3 Å². The van der Waals surface area contributed by atoms with Crippen LogP contribution in [0.2, 0.25) is 0 Å². The lowest BCUT2D eigenvalue weighted by molar-refractivity contribution is 0.220. The van der Waals surface area contributed by atoms with E-state index in [9.17, 15) is 5.11 Å². The second-order valence-electron chi connectivity index (χ2n) is 5.20. The highest BCUT2D eigenvalue weighted by Gasteiger charge is 2.15. The molecule has 2 nitrogen and oxygen atoms in total. The van der Waals surface area contributed by atoms with Crippen molar-refractivity contribution in [2.45, 2.75) is 20.0 Å². The molecule has 0 fully saturated rings. The van der Waals surface area contributed by atoms with E-state index in [1.807, 2.05) is 35.7 Å². The summed E-state index contributed by atoms with van der Waals surface area (Å²) in [6.07, 6.45) is -0.657. The third-order valence-corrected chi connectivity index (χ3v) is 4.43. The van der Waals surface area contributed by atoms with Crippen molar-refractivity contribution in [2.75, 3.05) is 0 Å². The molecule has 3 aromatic rings. The van der Waals surface area contributed by atoms with Gasteiger partial charge in [0.25, 0.3) is 0 Å². The number of rotatable bonds is 3. The van der Waals surface area contributed by atoms with Gasteiger partial charge in [-0.05, 0) is 25.0 Å². The van der Waals surface area contributed by atoms with Gasteiger partial charge in [-0.1, -0.05) is 54.1 Å². The summed E-state index contributed by atoms with van der Waals surface area (Å²) in [5, 5.41) is 13.2. The number of benzene rings is 2. The van der Waals surface area contributed by atoms with Gasteiger partial charge in [0.1, 0.15) is 11.1 Å². The molecule has 2 aromatic carbocycles. The van der Waals surface area contributed by atoms with E-state index in [4.69, 9.17) is 0 Å². The van der Waals surface area contributed by atoms with Crippen molar-refractivity contribution in [1.82, 2.24) is 4.98 Å². The smallest absolute Gasteiger partial charge is 0.131 e. The molecule has 0 spiro atoms. The summed E-state index contributed by atoms with van der Waals surface area (Å²) in [5.74, 6) is 0. The van der Waals surface area contributed by atoms with Gasteiger partial charge in [-0.3, -0.25) is 0 Å². The summed E-state index contributed by atoms with van der Waals surface area (Å²) < 4.78 is 0. The monoisotopic (exact) mass is 295 g/mol. The molecule has 0 saturated heterocycles. The SMILES string of the molecule is Cc1ccc(-c2csc(C(O)c3ccccc3)n2)c(C)c1. The van der Waals surface area contributed by atoms with Crippen molar-refractivity contribution >= 4 is 11.3 Å². The predicted molar refractivity (Wildman–Crippen MR) is 87.5 cm³/mol. The van der Waals surface area contributed by atoms with Crippen LogP contribution in [-0.4, -0.2) is 10.1 Å². The van der Waals surface area contributed by atoms with Crippen LogP contribution >= 0.6 is 11.3 Å². The van der Waals surface area contributed by atoms with E-state index in [2.05, 4.69) is 37.0 Å². The number of aromatic nitrogens is 1. The molecule has 0 aliphatic rings. The van der Waals surface area contributed by atoms with Crippen molar-refractivity contribution in [3.05, 3.63) is 75.6 Å². The molecule has 0 amide bonds. The molecular formula is C18H17NOS. The van der Waals surface area contributed by atoms with Crippen molar-refractivity contribution in [1.29, 1.82) is 0 Å². The van der Waals surface area contributed by atoms with Crippen LogP contribution in [0.5, 0.6) is 0 Å². The molecule has 0 radical (unpaired) electrons. The topological polar surface area (TPSA) is 33.1 Å². The summed E-state index contributed by atoms with van der Waals surface area (Å²) in [6.45, 7) is 4.18. The molecule has 1 atom stereocenters. The largest absolute Gasteiger partial charge is 0.381 e. The summed E-state index contributed by atoms with van der Waals surface area (Å²) in [7, 11) is 0. The lowest BCUT2D eigenvalue weighted by Gasteiger charge is -2.07. The van der Waals surface area contributed by atoms with Gasteiger partial charge in [-0.25, -0.2) is 4.98 Å². The van der Waals surface area contributed by atoms with Crippen LogP contribution in [0.1, 0.15) is 27.8 Å². The van der Waals surface area contributed by atoms with Crippen LogP contribution in [-0.2, 0) is 0 Å². The molecule has 1 unspecified atom stereocenters. The fraction of sp³-hybridized carbons (Fsp3) is 0.167. The Morgan fingerprint density at radius 2 is 1.81 bits per heavy atom. The fourth-order valence-corrected chi connectivity index (χ4v) is 3.24. The van der Waals surface area contributed by atoms with Gasteiger partial charge in [0.15, 0.2) is 0 Å². The third kappa shape index (κ3) is 2.89. The van der Waals surface area contributed by atoms with Crippen LogP contribution in [0.4, 0.5) is 0 Å². The zero-order valence-electron chi connectivity index (χ0n) is 12.1. The summed E-state index contributed by atoms with van der Waals surface area (Å²) >= 11 is 1.50. The Balaban J connectivity index is 1.93. The molecule has 1 heterocycles. The van der Waals surface area contributed by atoms with E-state index in [1.165, 1.54) is 22.5 Å². The highest BCUT2D eigenvalue weighted by Crippen LogP contribution is 2.30. The molecule has 106 valence electrons. The summed E-state index contributed by atoms with van der Waals surface area (Å²) in [6, 6.07) is 16.0. The van der Waals surface area contributed by atoms with E-state index in [0.29, 0.717) is 0 Å². The Kier molecular flexibility index (Phi) is 3.86. The van der Waals surface area contributed by atoms with E-state index in [-0.39, 0.29) is 0 Å². The van der Waals surface area contributed by atoms with E-state index < -0.39 is 6.10 Å². The van der Waals surface area contributed by atoms with Crippen LogP contribution in [0.3, 0.4) is 0 Å². The molecule has 1 aromatic heterocycles. The Labute approximate surface area is 128 Å². The van der Waals surface area contributed by atoms with Crippen LogP contribution in [0.15, 0.2) is 53.9 Å². The number of aliphatic hydroxyl groups is 1. The Hall–Kier alpha value is -1.97. The Bertz CT molecular complexity index is 749. The maximum atomic E-state index is 10.4. The molecule has 0 saturated carbocycles. The third-order valence-electron chi connectivity index (χ3n) is 3.53. The minimum atomic E-state index is -0.657. The van der Waals surface area contributed by atoms with Gasteiger partial charge in [0, 0.05) is 10.9 Å². The van der Waals surface area contributed by atoms with Crippen LogP contribution in [0, 0.1) is 13.8 Å². The van der Waals surface area contributed by atoms with Gasteiger partial charge in [0.05, 0.1) is 5.69 Å². The highest BCUT2D eigenvalue weighted by molar-refractivity contribution is 7.10. The number of nitrogens with zero attached hydrogens (tertiary/aromatic N) is 1. The van der Waals surface area contributed by atoms with Gasteiger partial charge in [0.2, 0.25) is 0 Å². The molecule has 0 bridgehead atoms. The first-order valence-electron chi connectivity index (χ1n) is 6.91. The first-order chi connectivity index (χ1) is 10.1. The van der Waals surface area contributed by atoms with Gasteiger partial charge in [-0.15, -0.1) is 11.3 Å². The first-order valence-corrected chi connectivity index (χ1v) is 7.79. The minimum absolute atomic E-state index is 0.657. The Morgan fingerprint density at radius 3 is 2.52 bits per heavy atom. The molecule has 3 rings (SSSR count). The van der Waals surface area contributed by atoms with E-state index in [1.54, 1.807) is 0 Å². The average Bonchev–Trinajstić information content (AvgIpc) is 2.97. The number of hydrogen-bond donors (Lipinski definition) is 1. The first kappa shape index (κ1) is 14.0. The number of aliphatic hydroxyl groups excluding tert-OH is 1. The van der Waals surface area contributed by atoms with Crippen molar-refractivity contribution in [2.24, 2.45) is 0 Å². The van der Waals surface area contributed by atoms with Gasteiger partial charge in [-0.2, -0.15) is 0 Å². The normalized spacial score (nSPS) is 12.3. The van der Waals surface area contributed by atoms with E-state index in [0.717, 1.165) is 21.8 Å². The number of aryl methyl sites for hydroxylation is 2. The standard InChI is InChI=1S/C18H17NOS/c1-12-8-9-15(13(2)10-12)16-11-21-18(19-16)17(20)14-6-4-3-5-7-14/h3-11,17,20H,1-2H3. The maximum absolute atomic E-state index is 10.4. The fourth-order valence-electron chi connectivity index (χ4n) is 2.42. The average molecular weight is 295 g/mol. The lowest BCUT2D eigenvalue weighted by atomic mass is 10.0. The molecular weight excluding hydrogens is 278 g/mol. The molecule has 21 heavy (non-hydrogen) atoms. The Morgan fingerprint density at radius 1 is 1.05 bits per heavy atom. The maximum Gasteiger partial charge on any atom is 0.131 e. The quantitative estimate of drug-likeness (QED) is 0.771. The zero-order chi connectivity index (χ0) is 14.8. The number of hydrogen-bond acceptors (Lipinski definition) is 3. The molecule has 0 aliphatic heterocycles. The van der Waals surface area contributed by atoms with Crippen molar-refractivity contribution in [3.63, 3.8) is 0 Å². The lowest BCUT2D eigenvalue weighted by Crippen LogP contribution is -1.98. The number of thiazole rings is 1. The molecule has 3 heteroatoms. The molecule has 0 aliphatic carbocycles. The second kappa shape index (κ2) is 5.80. The summed E-state index contributed by atoms with van der Waals surface area (Å²) in [4.78, 5) is 4.62. The molecule has 1 N–H and O–H groups in total. The minimum Gasteiger partial charge on any atom is -0.381 e. The van der Waals surface area contributed by atoms with Gasteiger partial charge >= 0.3 is 0 Å². The second-order valence-corrected chi connectivity index (χ2v) is 6.09.